The lowest BCUT2D eigenvalue weighted by molar-refractivity contribution is 0.589. The van der Waals surface area contributed by atoms with Crippen LogP contribution in [0.2, 0.25) is 0 Å². The number of rotatable bonds is 0. The van der Waals surface area contributed by atoms with E-state index in [0.717, 1.165) is 5.58 Å². The molecule has 1 heteroatoms. The van der Waals surface area contributed by atoms with E-state index in [9.17, 15) is 0 Å². The second-order valence-corrected chi connectivity index (χ2v) is 4.88. The second kappa shape index (κ2) is 2.88. The summed E-state index contributed by atoms with van der Waals surface area (Å²) in [5.74, 6) is 0. The first-order chi connectivity index (χ1) is 6.48. The fraction of sp³-hybridized carbons (Fsp3) is 0.385. The highest BCUT2D eigenvalue weighted by Crippen LogP contribution is 2.28. The quantitative estimate of drug-likeness (QED) is 0.608. The monoisotopic (exact) mass is 188 g/mol. The molecular formula is C13H16O. The van der Waals surface area contributed by atoms with Gasteiger partial charge in [-0.05, 0) is 35.6 Å². The smallest absolute Gasteiger partial charge is 0.134 e. The first-order valence-corrected chi connectivity index (χ1v) is 4.97. The maximum Gasteiger partial charge on any atom is 0.134 e. The summed E-state index contributed by atoms with van der Waals surface area (Å²) >= 11 is 0. The van der Waals surface area contributed by atoms with Crippen LogP contribution in [0.4, 0.5) is 0 Å². The number of hydrogen-bond donors (Lipinski definition) is 0. The summed E-state index contributed by atoms with van der Waals surface area (Å²) in [7, 11) is 0. The normalized spacial score (nSPS) is 12.3. The zero-order chi connectivity index (χ0) is 10.3. The lowest BCUT2D eigenvalue weighted by Gasteiger charge is -2.18. The summed E-state index contributed by atoms with van der Waals surface area (Å²) in [4.78, 5) is 0. The van der Waals surface area contributed by atoms with Gasteiger partial charge in [-0.3, -0.25) is 0 Å². The van der Waals surface area contributed by atoms with Crippen molar-refractivity contribution in [3.63, 3.8) is 0 Å². The molecule has 0 spiro atoms. The molecule has 14 heavy (non-hydrogen) atoms. The van der Waals surface area contributed by atoms with E-state index in [0.29, 0.717) is 0 Å². The molecule has 0 atom stereocenters. The van der Waals surface area contributed by atoms with Crippen molar-refractivity contribution in [2.45, 2.75) is 33.1 Å². The Bertz CT molecular complexity index is 458. The van der Waals surface area contributed by atoms with E-state index in [1.54, 1.807) is 0 Å². The van der Waals surface area contributed by atoms with Gasteiger partial charge in [-0.2, -0.15) is 0 Å². The van der Waals surface area contributed by atoms with Crippen molar-refractivity contribution >= 4 is 11.0 Å². The Morgan fingerprint density at radius 1 is 1.14 bits per heavy atom. The molecule has 74 valence electrons. The highest BCUT2D eigenvalue weighted by Gasteiger charge is 2.14. The lowest BCUT2D eigenvalue weighted by atomic mass is 9.86. The van der Waals surface area contributed by atoms with Gasteiger partial charge in [0.05, 0.1) is 6.26 Å². The molecule has 0 N–H and O–H groups in total. The molecule has 0 aliphatic carbocycles. The number of benzene rings is 1. The van der Waals surface area contributed by atoms with E-state index >= 15 is 0 Å². The van der Waals surface area contributed by atoms with Crippen LogP contribution in [-0.2, 0) is 5.41 Å². The van der Waals surface area contributed by atoms with Crippen molar-refractivity contribution in [1.29, 1.82) is 0 Å². The van der Waals surface area contributed by atoms with E-state index in [1.165, 1.54) is 16.5 Å². The third kappa shape index (κ3) is 1.43. The Kier molecular flexibility index (Phi) is 1.91. The molecule has 0 amide bonds. The number of aryl methyl sites for hydroxylation is 1. The van der Waals surface area contributed by atoms with Gasteiger partial charge in [0.15, 0.2) is 0 Å². The minimum Gasteiger partial charge on any atom is -0.464 e. The van der Waals surface area contributed by atoms with E-state index < -0.39 is 0 Å². The zero-order valence-corrected chi connectivity index (χ0v) is 9.22. The molecule has 0 fully saturated rings. The topological polar surface area (TPSA) is 13.1 Å². The van der Waals surface area contributed by atoms with Gasteiger partial charge in [0.1, 0.15) is 5.58 Å². The van der Waals surface area contributed by atoms with Crippen molar-refractivity contribution in [1.82, 2.24) is 0 Å². The maximum absolute atomic E-state index is 5.42. The molecule has 0 saturated carbocycles. The van der Waals surface area contributed by atoms with Gasteiger partial charge in [-0.25, -0.2) is 0 Å². The molecule has 0 saturated heterocycles. The molecule has 1 aromatic heterocycles. The highest BCUT2D eigenvalue weighted by atomic mass is 16.3. The Labute approximate surface area is 84.7 Å². The van der Waals surface area contributed by atoms with Gasteiger partial charge in [-0.15, -0.1) is 0 Å². The van der Waals surface area contributed by atoms with Crippen LogP contribution < -0.4 is 0 Å². The highest BCUT2D eigenvalue weighted by molar-refractivity contribution is 5.81. The minimum absolute atomic E-state index is 0.206. The summed E-state index contributed by atoms with van der Waals surface area (Å²) in [6.07, 6.45) is 1.82. The first-order valence-electron chi connectivity index (χ1n) is 4.97. The Morgan fingerprint density at radius 2 is 1.86 bits per heavy atom. The van der Waals surface area contributed by atoms with Crippen molar-refractivity contribution < 1.29 is 4.42 Å². The van der Waals surface area contributed by atoms with Crippen LogP contribution >= 0.6 is 0 Å². The van der Waals surface area contributed by atoms with Gasteiger partial charge in [0.25, 0.3) is 0 Å². The molecule has 1 aromatic carbocycles. The summed E-state index contributed by atoms with van der Waals surface area (Å²) in [5.41, 5.74) is 3.76. The summed E-state index contributed by atoms with van der Waals surface area (Å²) in [6.45, 7) is 8.76. The van der Waals surface area contributed by atoms with Gasteiger partial charge in [-0.1, -0.05) is 26.8 Å². The van der Waals surface area contributed by atoms with Gasteiger partial charge in [0.2, 0.25) is 0 Å². The predicted molar refractivity (Wildman–Crippen MR) is 59.7 cm³/mol. The minimum atomic E-state index is 0.206. The third-order valence-electron chi connectivity index (χ3n) is 2.63. The standard InChI is InChI=1S/C13H16O/c1-9-8-14-12-6-5-10(7-11(9)12)13(2,3)4/h5-8H,1-4H3. The first kappa shape index (κ1) is 9.32. The molecule has 0 aliphatic rings. The molecule has 2 aromatic rings. The van der Waals surface area contributed by atoms with E-state index in [2.05, 4.69) is 45.9 Å². The van der Waals surface area contributed by atoms with Crippen LogP contribution in [0.15, 0.2) is 28.9 Å². The Hall–Kier alpha value is -1.24. The largest absolute Gasteiger partial charge is 0.464 e. The Balaban J connectivity index is 2.66. The van der Waals surface area contributed by atoms with Crippen LogP contribution in [0.3, 0.4) is 0 Å². The van der Waals surface area contributed by atoms with E-state index in [-0.39, 0.29) is 5.41 Å². The van der Waals surface area contributed by atoms with Crippen LogP contribution in [0, 0.1) is 6.92 Å². The maximum atomic E-state index is 5.42. The molecule has 0 unspecified atom stereocenters. The molecule has 0 bridgehead atoms. The summed E-state index contributed by atoms with van der Waals surface area (Å²) in [5, 5.41) is 1.23. The average molecular weight is 188 g/mol. The van der Waals surface area contributed by atoms with Crippen LogP contribution in [-0.4, -0.2) is 0 Å². The average Bonchev–Trinajstić information content (AvgIpc) is 2.46. The van der Waals surface area contributed by atoms with Crippen LogP contribution in [0.5, 0.6) is 0 Å². The van der Waals surface area contributed by atoms with E-state index in [1.807, 2.05) is 6.26 Å². The van der Waals surface area contributed by atoms with Crippen molar-refractivity contribution in [2.24, 2.45) is 0 Å². The number of fused-ring (bicyclic) bond motifs is 1. The van der Waals surface area contributed by atoms with Crippen molar-refractivity contribution in [2.75, 3.05) is 0 Å². The fourth-order valence-electron chi connectivity index (χ4n) is 1.62. The Morgan fingerprint density at radius 3 is 2.50 bits per heavy atom. The molecule has 0 aliphatic heterocycles. The fourth-order valence-corrected chi connectivity index (χ4v) is 1.62. The summed E-state index contributed by atoms with van der Waals surface area (Å²) < 4.78 is 5.42. The lowest BCUT2D eigenvalue weighted by Crippen LogP contribution is -2.10. The molecular weight excluding hydrogens is 172 g/mol. The van der Waals surface area contributed by atoms with Gasteiger partial charge in [0, 0.05) is 5.39 Å². The predicted octanol–water partition coefficient (Wildman–Crippen LogP) is 4.04. The van der Waals surface area contributed by atoms with Crippen LogP contribution in [0.25, 0.3) is 11.0 Å². The molecule has 0 radical (unpaired) electrons. The summed E-state index contributed by atoms with van der Waals surface area (Å²) in [6, 6.07) is 6.43. The van der Waals surface area contributed by atoms with Crippen molar-refractivity contribution in [3.05, 3.63) is 35.6 Å². The second-order valence-electron chi connectivity index (χ2n) is 4.88. The molecule has 1 heterocycles. The SMILES string of the molecule is Cc1coc2ccc(C(C)(C)C)cc12. The van der Waals surface area contributed by atoms with Crippen molar-refractivity contribution in [3.8, 4) is 0 Å². The van der Waals surface area contributed by atoms with Crippen LogP contribution in [0.1, 0.15) is 31.9 Å². The third-order valence-corrected chi connectivity index (χ3v) is 2.63. The van der Waals surface area contributed by atoms with E-state index in [4.69, 9.17) is 4.42 Å². The zero-order valence-electron chi connectivity index (χ0n) is 9.22. The van der Waals surface area contributed by atoms with Gasteiger partial charge >= 0.3 is 0 Å². The number of hydrogen-bond acceptors (Lipinski definition) is 1. The molecule has 2 rings (SSSR count). The molecule has 1 nitrogen and oxygen atoms in total. The van der Waals surface area contributed by atoms with Gasteiger partial charge < -0.3 is 4.42 Å². The number of furan rings is 1.